The Balaban J connectivity index is 1.42. The van der Waals surface area contributed by atoms with Crippen molar-refractivity contribution in [1.82, 2.24) is 4.90 Å². The molecule has 0 radical (unpaired) electrons. The maximum Gasteiger partial charge on any atom is 0.335 e. The fourth-order valence-electron chi connectivity index (χ4n) is 5.40. The fraction of sp³-hybridized carbons (Fsp3) is 0.424. The van der Waals surface area contributed by atoms with Gasteiger partial charge < -0.3 is 14.2 Å². The molecule has 2 unspecified atom stereocenters. The summed E-state index contributed by atoms with van der Waals surface area (Å²) in [6.45, 7) is 5.76. The topological polar surface area (TPSA) is 48.0 Å². The molecule has 3 aromatic rings. The smallest absolute Gasteiger partial charge is 0.335 e. The second-order valence-electron chi connectivity index (χ2n) is 10.0. The standard InChI is InChI=1S/C33H41NO4/c1-5-9-24-14-19-30-27(22-24)16-15-26-10-7-8-11-29(26)32(30)34(3)20-21-38-28-17-12-25(13-18-28)23-31(36-4)33(35)37-6-2/h7-8,10-14,17-19,22,31-32H,5-6,9,15-16,20-21,23H2,1-4H3. The van der Waals surface area contributed by atoms with E-state index in [1.54, 1.807) is 6.92 Å². The Morgan fingerprint density at radius 2 is 1.66 bits per heavy atom. The Morgan fingerprint density at radius 1 is 0.947 bits per heavy atom. The maximum atomic E-state index is 12.0. The molecule has 3 aromatic carbocycles. The van der Waals surface area contributed by atoms with Crippen LogP contribution in [0.1, 0.15) is 59.7 Å². The monoisotopic (exact) mass is 515 g/mol. The van der Waals surface area contributed by atoms with Crippen molar-refractivity contribution >= 4 is 5.97 Å². The Hall–Kier alpha value is -3.15. The van der Waals surface area contributed by atoms with Crippen molar-refractivity contribution in [2.45, 2.75) is 58.1 Å². The van der Waals surface area contributed by atoms with Gasteiger partial charge in [-0.25, -0.2) is 4.79 Å². The normalized spacial score (nSPS) is 15.3. The number of likely N-dealkylation sites (N-methyl/N-ethyl adjacent to an activating group) is 1. The zero-order valence-electron chi connectivity index (χ0n) is 23.2. The number of carbonyl (C=O) groups is 1. The summed E-state index contributed by atoms with van der Waals surface area (Å²) in [7, 11) is 3.73. The van der Waals surface area contributed by atoms with Gasteiger partial charge in [0.25, 0.3) is 0 Å². The predicted octanol–water partition coefficient (Wildman–Crippen LogP) is 5.96. The van der Waals surface area contributed by atoms with Crippen LogP contribution in [0.5, 0.6) is 5.75 Å². The van der Waals surface area contributed by atoms with Crippen molar-refractivity contribution in [2.24, 2.45) is 0 Å². The third-order valence-electron chi connectivity index (χ3n) is 7.39. The highest BCUT2D eigenvalue weighted by atomic mass is 16.6. The minimum atomic E-state index is -0.598. The molecule has 0 fully saturated rings. The van der Waals surface area contributed by atoms with Crippen LogP contribution in [0.15, 0.2) is 66.7 Å². The van der Waals surface area contributed by atoms with Gasteiger partial charge in [0, 0.05) is 20.1 Å². The lowest BCUT2D eigenvalue weighted by Gasteiger charge is -2.30. The van der Waals surface area contributed by atoms with Crippen LogP contribution in [-0.4, -0.2) is 50.9 Å². The van der Waals surface area contributed by atoms with Crippen LogP contribution in [-0.2, 0) is 40.0 Å². The SMILES string of the molecule is CCCc1ccc2c(c1)CCc1ccccc1C2N(C)CCOc1ccc(CC(OC)C(=O)OCC)cc1. The number of fused-ring (bicyclic) bond motifs is 2. The van der Waals surface area contributed by atoms with Crippen LogP contribution in [0, 0.1) is 0 Å². The van der Waals surface area contributed by atoms with E-state index in [-0.39, 0.29) is 12.0 Å². The quantitative estimate of drug-likeness (QED) is 0.279. The first-order valence-corrected chi connectivity index (χ1v) is 13.8. The van der Waals surface area contributed by atoms with Gasteiger partial charge in [-0.05, 0) is 78.7 Å². The zero-order chi connectivity index (χ0) is 26.9. The van der Waals surface area contributed by atoms with E-state index in [0.717, 1.165) is 37.1 Å². The number of aryl methyl sites for hydroxylation is 3. The molecule has 5 heteroatoms. The molecular weight excluding hydrogens is 474 g/mol. The number of carbonyl (C=O) groups excluding carboxylic acids is 1. The first kappa shape index (κ1) is 27.9. The van der Waals surface area contributed by atoms with Gasteiger partial charge >= 0.3 is 5.97 Å². The highest BCUT2D eigenvalue weighted by molar-refractivity contribution is 5.75. The van der Waals surface area contributed by atoms with Crippen LogP contribution in [0.2, 0.25) is 0 Å². The van der Waals surface area contributed by atoms with E-state index in [4.69, 9.17) is 14.2 Å². The molecule has 0 amide bonds. The molecule has 0 saturated carbocycles. The number of rotatable bonds is 12. The van der Waals surface area contributed by atoms with Gasteiger partial charge in [0.05, 0.1) is 12.6 Å². The van der Waals surface area contributed by atoms with Gasteiger partial charge in [0.2, 0.25) is 0 Å². The molecule has 4 rings (SSSR count). The first-order chi connectivity index (χ1) is 18.5. The summed E-state index contributed by atoms with van der Waals surface area (Å²) in [5, 5.41) is 0. The average molecular weight is 516 g/mol. The van der Waals surface area contributed by atoms with Crippen LogP contribution in [0.3, 0.4) is 0 Å². The number of hydrogen-bond donors (Lipinski definition) is 0. The molecule has 0 aromatic heterocycles. The van der Waals surface area contributed by atoms with Gasteiger partial charge in [0.1, 0.15) is 12.4 Å². The minimum absolute atomic E-state index is 0.208. The number of ether oxygens (including phenoxy) is 3. The van der Waals surface area contributed by atoms with Crippen molar-refractivity contribution in [2.75, 3.05) is 33.9 Å². The van der Waals surface area contributed by atoms with E-state index in [1.807, 2.05) is 24.3 Å². The van der Waals surface area contributed by atoms with E-state index in [1.165, 1.54) is 41.3 Å². The van der Waals surface area contributed by atoms with E-state index >= 15 is 0 Å². The molecule has 0 aliphatic heterocycles. The summed E-state index contributed by atoms with van der Waals surface area (Å²) in [5.41, 5.74) is 8.16. The molecule has 0 heterocycles. The zero-order valence-corrected chi connectivity index (χ0v) is 23.2. The minimum Gasteiger partial charge on any atom is -0.492 e. The molecule has 38 heavy (non-hydrogen) atoms. The molecular formula is C33H41NO4. The Morgan fingerprint density at radius 3 is 2.39 bits per heavy atom. The Bertz CT molecular complexity index is 1190. The number of hydrogen-bond acceptors (Lipinski definition) is 5. The van der Waals surface area contributed by atoms with E-state index in [2.05, 4.69) is 61.3 Å². The number of nitrogens with zero attached hydrogens (tertiary/aromatic N) is 1. The Kier molecular flexibility index (Phi) is 9.97. The molecule has 1 aliphatic rings. The largest absolute Gasteiger partial charge is 0.492 e. The maximum absolute atomic E-state index is 12.0. The number of methoxy groups -OCH3 is 1. The molecule has 2 atom stereocenters. The van der Waals surface area contributed by atoms with E-state index in [9.17, 15) is 4.79 Å². The lowest BCUT2D eigenvalue weighted by molar-refractivity contribution is -0.154. The predicted molar refractivity (Wildman–Crippen MR) is 152 cm³/mol. The second-order valence-corrected chi connectivity index (χ2v) is 10.0. The summed E-state index contributed by atoms with van der Waals surface area (Å²) in [6, 6.07) is 24.1. The molecule has 0 N–H and O–H groups in total. The first-order valence-electron chi connectivity index (χ1n) is 13.8. The van der Waals surface area contributed by atoms with Crippen LogP contribution in [0.25, 0.3) is 0 Å². The lowest BCUT2D eigenvalue weighted by atomic mass is 9.92. The second kappa shape index (κ2) is 13.6. The summed E-state index contributed by atoms with van der Waals surface area (Å²) in [5.74, 6) is 0.486. The van der Waals surface area contributed by atoms with Gasteiger partial charge in [-0.2, -0.15) is 0 Å². The summed E-state index contributed by atoms with van der Waals surface area (Å²) in [4.78, 5) is 14.4. The van der Waals surface area contributed by atoms with Gasteiger partial charge in [-0.15, -0.1) is 0 Å². The highest BCUT2D eigenvalue weighted by Gasteiger charge is 2.27. The van der Waals surface area contributed by atoms with Gasteiger partial charge in [-0.3, -0.25) is 4.90 Å². The summed E-state index contributed by atoms with van der Waals surface area (Å²) in [6.07, 6.45) is 4.32. The molecule has 0 bridgehead atoms. The van der Waals surface area contributed by atoms with Gasteiger partial charge in [0.15, 0.2) is 6.10 Å². The van der Waals surface area contributed by atoms with Crippen LogP contribution >= 0.6 is 0 Å². The highest BCUT2D eigenvalue weighted by Crippen LogP contribution is 2.36. The Labute approximate surface area is 227 Å². The van der Waals surface area contributed by atoms with E-state index < -0.39 is 6.10 Å². The third-order valence-corrected chi connectivity index (χ3v) is 7.39. The van der Waals surface area contributed by atoms with Crippen LogP contribution in [0.4, 0.5) is 0 Å². The van der Waals surface area contributed by atoms with Crippen molar-refractivity contribution < 1.29 is 19.0 Å². The number of esters is 1. The lowest BCUT2D eigenvalue weighted by Crippen LogP contribution is -2.30. The molecule has 5 nitrogen and oxygen atoms in total. The van der Waals surface area contributed by atoms with Crippen molar-refractivity contribution in [1.29, 1.82) is 0 Å². The van der Waals surface area contributed by atoms with Crippen molar-refractivity contribution in [3.05, 3.63) is 100 Å². The fourth-order valence-corrected chi connectivity index (χ4v) is 5.40. The summed E-state index contributed by atoms with van der Waals surface area (Å²) < 4.78 is 16.5. The average Bonchev–Trinajstić information content (AvgIpc) is 3.09. The van der Waals surface area contributed by atoms with Crippen molar-refractivity contribution in [3.8, 4) is 5.75 Å². The molecule has 0 saturated heterocycles. The third kappa shape index (κ3) is 6.83. The van der Waals surface area contributed by atoms with Crippen LogP contribution < -0.4 is 4.74 Å². The molecule has 0 spiro atoms. The number of benzene rings is 3. The molecule has 202 valence electrons. The van der Waals surface area contributed by atoms with Crippen molar-refractivity contribution in [3.63, 3.8) is 0 Å². The van der Waals surface area contributed by atoms with Gasteiger partial charge in [-0.1, -0.05) is 67.9 Å². The summed E-state index contributed by atoms with van der Waals surface area (Å²) >= 11 is 0. The molecule has 1 aliphatic carbocycles. The van der Waals surface area contributed by atoms with E-state index in [0.29, 0.717) is 19.6 Å².